The standard InChI is InChI=1S/C20H19FN2O4/c1-4-27-19-10-18(23-20(25)16(11-22)12(2)24)17(21)9-15(19)13-6-5-7-14(8-13)26-3/h5-10,24H,4H2,1-3H3,(H,23,25)/b16-12-. The number of nitriles is 1. The van der Waals surface area contributed by atoms with E-state index in [1.165, 1.54) is 26.2 Å². The van der Waals surface area contributed by atoms with Gasteiger partial charge in [0.05, 0.1) is 19.4 Å². The van der Waals surface area contributed by atoms with Crippen LogP contribution in [0.1, 0.15) is 13.8 Å². The van der Waals surface area contributed by atoms with E-state index in [4.69, 9.17) is 14.7 Å². The largest absolute Gasteiger partial charge is 0.511 e. The van der Waals surface area contributed by atoms with E-state index in [1.807, 2.05) is 0 Å². The van der Waals surface area contributed by atoms with Crippen LogP contribution in [0.3, 0.4) is 0 Å². The number of aliphatic hydroxyl groups excluding tert-OH is 1. The van der Waals surface area contributed by atoms with E-state index < -0.39 is 23.1 Å². The average Bonchev–Trinajstić information content (AvgIpc) is 2.64. The molecule has 140 valence electrons. The summed E-state index contributed by atoms with van der Waals surface area (Å²) in [5, 5.41) is 20.6. The number of anilines is 1. The molecule has 0 aliphatic heterocycles. The zero-order valence-electron chi connectivity index (χ0n) is 15.2. The number of halogens is 1. The van der Waals surface area contributed by atoms with E-state index in [1.54, 1.807) is 37.3 Å². The van der Waals surface area contributed by atoms with Gasteiger partial charge in [-0.05, 0) is 37.6 Å². The molecule has 0 saturated heterocycles. The van der Waals surface area contributed by atoms with Crippen molar-refractivity contribution >= 4 is 11.6 Å². The molecule has 0 fully saturated rings. The van der Waals surface area contributed by atoms with Crippen LogP contribution in [0.2, 0.25) is 0 Å². The van der Waals surface area contributed by atoms with Gasteiger partial charge in [-0.3, -0.25) is 4.79 Å². The van der Waals surface area contributed by atoms with Crippen LogP contribution in [0.4, 0.5) is 10.1 Å². The number of nitrogens with one attached hydrogen (secondary N) is 1. The number of ether oxygens (including phenoxy) is 2. The summed E-state index contributed by atoms with van der Waals surface area (Å²) in [6.45, 7) is 3.31. The summed E-state index contributed by atoms with van der Waals surface area (Å²) < 4.78 is 25.4. The third-order valence-electron chi connectivity index (χ3n) is 3.70. The van der Waals surface area contributed by atoms with Crippen LogP contribution in [-0.4, -0.2) is 24.7 Å². The second-order valence-corrected chi connectivity index (χ2v) is 5.52. The van der Waals surface area contributed by atoms with Crippen molar-refractivity contribution in [3.63, 3.8) is 0 Å². The molecule has 0 spiro atoms. The van der Waals surface area contributed by atoms with Gasteiger partial charge in [-0.1, -0.05) is 12.1 Å². The molecule has 0 unspecified atom stereocenters. The van der Waals surface area contributed by atoms with E-state index in [0.717, 1.165) is 0 Å². The van der Waals surface area contributed by atoms with E-state index in [9.17, 15) is 14.3 Å². The lowest BCUT2D eigenvalue weighted by Gasteiger charge is -2.15. The predicted octanol–water partition coefficient (Wildman–Crippen LogP) is 4.19. The molecule has 1 amide bonds. The molecular weight excluding hydrogens is 351 g/mol. The molecule has 2 aromatic carbocycles. The minimum Gasteiger partial charge on any atom is -0.511 e. The number of rotatable bonds is 6. The normalized spacial score (nSPS) is 11.2. The molecule has 2 rings (SSSR count). The summed E-state index contributed by atoms with van der Waals surface area (Å²) in [5.41, 5.74) is 0.507. The Hall–Kier alpha value is -3.53. The van der Waals surface area contributed by atoms with Gasteiger partial charge in [0.2, 0.25) is 0 Å². The summed E-state index contributed by atoms with van der Waals surface area (Å²) in [5.74, 6) is -1.11. The summed E-state index contributed by atoms with van der Waals surface area (Å²) >= 11 is 0. The number of allylic oxidation sites excluding steroid dienone is 1. The molecular formula is C20H19FN2O4. The maximum absolute atomic E-state index is 14.6. The number of hydrogen-bond donors (Lipinski definition) is 2. The molecule has 2 aromatic rings. The fraction of sp³-hybridized carbons (Fsp3) is 0.200. The van der Waals surface area contributed by atoms with Crippen molar-refractivity contribution < 1.29 is 23.8 Å². The van der Waals surface area contributed by atoms with Crippen LogP contribution < -0.4 is 14.8 Å². The second-order valence-electron chi connectivity index (χ2n) is 5.52. The molecule has 0 bridgehead atoms. The fourth-order valence-electron chi connectivity index (χ4n) is 2.42. The van der Waals surface area contributed by atoms with Gasteiger partial charge in [-0.25, -0.2) is 4.39 Å². The van der Waals surface area contributed by atoms with Crippen LogP contribution in [0.25, 0.3) is 11.1 Å². The van der Waals surface area contributed by atoms with Gasteiger partial charge in [0, 0.05) is 11.6 Å². The van der Waals surface area contributed by atoms with Crippen molar-refractivity contribution in [2.75, 3.05) is 19.0 Å². The quantitative estimate of drug-likeness (QED) is 0.452. The number of methoxy groups -OCH3 is 1. The van der Waals surface area contributed by atoms with Crippen LogP contribution in [-0.2, 0) is 4.79 Å². The Bertz CT molecular complexity index is 928. The summed E-state index contributed by atoms with van der Waals surface area (Å²) in [6.07, 6.45) is 0. The van der Waals surface area contributed by atoms with Crippen molar-refractivity contribution in [3.05, 3.63) is 53.5 Å². The highest BCUT2D eigenvalue weighted by molar-refractivity contribution is 6.07. The lowest BCUT2D eigenvalue weighted by molar-refractivity contribution is -0.112. The predicted molar refractivity (Wildman–Crippen MR) is 99.1 cm³/mol. The van der Waals surface area contributed by atoms with E-state index in [2.05, 4.69) is 5.32 Å². The monoisotopic (exact) mass is 370 g/mol. The Morgan fingerprint density at radius 1 is 1.33 bits per heavy atom. The van der Waals surface area contributed by atoms with Crippen molar-refractivity contribution in [2.24, 2.45) is 0 Å². The average molecular weight is 370 g/mol. The number of nitrogens with zero attached hydrogens (tertiary/aromatic N) is 1. The number of carbonyl (C=O) groups is 1. The topological polar surface area (TPSA) is 91.6 Å². The molecule has 0 atom stereocenters. The van der Waals surface area contributed by atoms with Gasteiger partial charge in [-0.15, -0.1) is 0 Å². The van der Waals surface area contributed by atoms with Crippen molar-refractivity contribution in [3.8, 4) is 28.7 Å². The van der Waals surface area contributed by atoms with Gasteiger partial charge in [0.1, 0.15) is 29.1 Å². The third kappa shape index (κ3) is 4.55. The van der Waals surface area contributed by atoms with Crippen molar-refractivity contribution in [2.45, 2.75) is 13.8 Å². The van der Waals surface area contributed by atoms with Crippen molar-refractivity contribution in [1.29, 1.82) is 5.26 Å². The van der Waals surface area contributed by atoms with Gasteiger partial charge in [0.25, 0.3) is 5.91 Å². The summed E-state index contributed by atoms with van der Waals surface area (Å²) in [7, 11) is 1.53. The molecule has 0 aliphatic carbocycles. The maximum atomic E-state index is 14.6. The number of amides is 1. The zero-order chi connectivity index (χ0) is 20.0. The number of aliphatic hydroxyl groups is 1. The molecule has 0 radical (unpaired) electrons. The van der Waals surface area contributed by atoms with Gasteiger partial charge in [0.15, 0.2) is 5.57 Å². The lowest BCUT2D eigenvalue weighted by Crippen LogP contribution is -2.16. The number of hydrogen-bond acceptors (Lipinski definition) is 5. The fourth-order valence-corrected chi connectivity index (χ4v) is 2.42. The highest BCUT2D eigenvalue weighted by Crippen LogP contribution is 2.36. The SMILES string of the molecule is CCOc1cc(NC(=O)/C(C#N)=C(/C)O)c(F)cc1-c1cccc(OC)c1. The highest BCUT2D eigenvalue weighted by atomic mass is 19.1. The van der Waals surface area contributed by atoms with E-state index in [0.29, 0.717) is 29.2 Å². The molecule has 0 aromatic heterocycles. The smallest absolute Gasteiger partial charge is 0.269 e. The van der Waals surface area contributed by atoms with Crippen LogP contribution >= 0.6 is 0 Å². The lowest BCUT2D eigenvalue weighted by atomic mass is 10.0. The first-order valence-electron chi connectivity index (χ1n) is 8.13. The molecule has 27 heavy (non-hydrogen) atoms. The minimum absolute atomic E-state index is 0.163. The molecule has 7 heteroatoms. The minimum atomic E-state index is -0.909. The summed E-state index contributed by atoms with van der Waals surface area (Å²) in [4.78, 5) is 12.1. The number of benzene rings is 2. The first-order chi connectivity index (χ1) is 12.9. The summed E-state index contributed by atoms with van der Waals surface area (Å²) in [6, 6.07) is 11.2. The highest BCUT2D eigenvalue weighted by Gasteiger charge is 2.18. The first kappa shape index (κ1) is 19.8. The third-order valence-corrected chi connectivity index (χ3v) is 3.70. The van der Waals surface area contributed by atoms with Crippen molar-refractivity contribution in [1.82, 2.24) is 0 Å². The van der Waals surface area contributed by atoms with E-state index in [-0.39, 0.29) is 5.69 Å². The van der Waals surface area contributed by atoms with Crippen LogP contribution in [0.15, 0.2) is 47.7 Å². The Morgan fingerprint density at radius 2 is 2.07 bits per heavy atom. The maximum Gasteiger partial charge on any atom is 0.269 e. The second kappa shape index (κ2) is 8.72. The Kier molecular flexibility index (Phi) is 6.39. The molecule has 0 aliphatic rings. The van der Waals surface area contributed by atoms with Gasteiger partial charge in [-0.2, -0.15) is 5.26 Å². The van der Waals surface area contributed by atoms with Crippen LogP contribution in [0, 0.1) is 17.1 Å². The molecule has 0 saturated carbocycles. The van der Waals surface area contributed by atoms with Crippen LogP contribution in [0.5, 0.6) is 11.5 Å². The number of carbonyl (C=O) groups excluding carboxylic acids is 1. The zero-order valence-corrected chi connectivity index (χ0v) is 15.2. The molecule has 2 N–H and O–H groups in total. The van der Waals surface area contributed by atoms with Gasteiger partial charge >= 0.3 is 0 Å². The first-order valence-corrected chi connectivity index (χ1v) is 8.13. The molecule has 0 heterocycles. The van der Waals surface area contributed by atoms with Gasteiger partial charge < -0.3 is 19.9 Å². The Morgan fingerprint density at radius 3 is 2.67 bits per heavy atom. The Balaban J connectivity index is 2.49. The van der Waals surface area contributed by atoms with E-state index >= 15 is 0 Å². The Labute approximate surface area is 156 Å². The molecule has 6 nitrogen and oxygen atoms in total.